The zero-order valence-corrected chi connectivity index (χ0v) is 25.4. The Bertz CT molecular complexity index is 1050. The van der Waals surface area contributed by atoms with Crippen LogP contribution in [0.3, 0.4) is 0 Å². The van der Waals surface area contributed by atoms with Crippen LogP contribution in [0.25, 0.3) is 0 Å². The average Bonchev–Trinajstić information content (AvgIpc) is 2.80. The number of hydrogen-bond donors (Lipinski definition) is 0. The Balaban J connectivity index is 2.20. The van der Waals surface area contributed by atoms with Gasteiger partial charge in [0.05, 0.1) is 13.2 Å². The molecular formula is C31H41IO2Si. The van der Waals surface area contributed by atoms with Crippen LogP contribution in [-0.2, 0) is 0 Å². The standard InChI is InChI=1S/C31H41IO2Si/c1-6-8-10-12-17-33-30-22-26(20-28(24-30)16-19-35(3,4)5)14-15-27-21-29(32)25-31(23-27)34-18-13-11-9-7-2/h20-25H,6-13,17-18H2,1-5H3. The van der Waals surface area contributed by atoms with Crippen LogP contribution in [-0.4, -0.2) is 21.3 Å². The molecule has 0 N–H and O–H groups in total. The fourth-order valence-electron chi connectivity index (χ4n) is 3.39. The minimum absolute atomic E-state index is 0.730. The fraction of sp³-hybridized carbons (Fsp3) is 0.484. The Hall–Kier alpha value is -1.89. The van der Waals surface area contributed by atoms with Gasteiger partial charge in [-0.1, -0.05) is 89.8 Å². The Kier molecular flexibility index (Phi) is 13.4. The molecule has 4 heteroatoms. The monoisotopic (exact) mass is 600 g/mol. The molecule has 0 aliphatic rings. The molecule has 0 saturated heterocycles. The third-order valence-corrected chi connectivity index (χ3v) is 6.74. The SMILES string of the molecule is CCCCCCOc1cc(I)cc(C#Cc2cc(C#C[Si](C)(C)C)cc(OCCCCCC)c2)c1. The van der Waals surface area contributed by atoms with Crippen molar-refractivity contribution in [1.29, 1.82) is 0 Å². The number of unbranched alkanes of at least 4 members (excludes halogenated alkanes) is 6. The van der Waals surface area contributed by atoms with Crippen molar-refractivity contribution < 1.29 is 9.47 Å². The second-order valence-corrected chi connectivity index (χ2v) is 16.0. The molecule has 0 aromatic heterocycles. The van der Waals surface area contributed by atoms with Gasteiger partial charge in [0.25, 0.3) is 0 Å². The second-order valence-electron chi connectivity index (χ2n) is 9.99. The summed E-state index contributed by atoms with van der Waals surface area (Å²) in [5.74, 6) is 11.8. The first-order valence-corrected chi connectivity index (χ1v) is 17.6. The highest BCUT2D eigenvalue weighted by Crippen LogP contribution is 2.20. The van der Waals surface area contributed by atoms with Gasteiger partial charge in [-0.3, -0.25) is 0 Å². The summed E-state index contributed by atoms with van der Waals surface area (Å²) in [4.78, 5) is 0. The van der Waals surface area contributed by atoms with Gasteiger partial charge in [-0.05, 0) is 71.8 Å². The summed E-state index contributed by atoms with van der Waals surface area (Å²) in [5, 5.41) is 0. The lowest BCUT2D eigenvalue weighted by molar-refractivity contribution is 0.304. The van der Waals surface area contributed by atoms with Crippen LogP contribution in [0.15, 0.2) is 36.4 Å². The van der Waals surface area contributed by atoms with Gasteiger partial charge in [0.2, 0.25) is 0 Å². The lowest BCUT2D eigenvalue weighted by Gasteiger charge is -2.08. The first-order chi connectivity index (χ1) is 16.8. The molecule has 2 aromatic carbocycles. The van der Waals surface area contributed by atoms with Crippen molar-refractivity contribution in [2.24, 2.45) is 0 Å². The van der Waals surface area contributed by atoms with Gasteiger partial charge < -0.3 is 9.47 Å². The molecule has 0 atom stereocenters. The first kappa shape index (κ1) is 29.3. The molecule has 0 bridgehead atoms. The lowest BCUT2D eigenvalue weighted by atomic mass is 10.1. The van der Waals surface area contributed by atoms with Crippen LogP contribution in [0.1, 0.15) is 81.9 Å². The fourth-order valence-corrected chi connectivity index (χ4v) is 4.55. The van der Waals surface area contributed by atoms with E-state index in [0.717, 1.165) is 57.8 Å². The summed E-state index contributed by atoms with van der Waals surface area (Å²) in [6.45, 7) is 12.7. The molecule has 0 heterocycles. The Morgan fingerprint density at radius 2 is 1.11 bits per heavy atom. The van der Waals surface area contributed by atoms with Crippen molar-refractivity contribution in [3.63, 3.8) is 0 Å². The molecule has 0 spiro atoms. The number of halogens is 1. The molecule has 0 amide bonds. The Morgan fingerprint density at radius 1 is 0.629 bits per heavy atom. The summed E-state index contributed by atoms with van der Waals surface area (Å²) in [5.41, 5.74) is 6.33. The van der Waals surface area contributed by atoms with Crippen molar-refractivity contribution in [3.8, 4) is 34.8 Å². The smallest absolute Gasteiger partial charge is 0.129 e. The van der Waals surface area contributed by atoms with Gasteiger partial charge in [-0.15, -0.1) is 5.54 Å². The summed E-state index contributed by atoms with van der Waals surface area (Å²) in [6, 6.07) is 12.4. The van der Waals surface area contributed by atoms with Gasteiger partial charge in [-0.2, -0.15) is 0 Å². The normalized spacial score (nSPS) is 10.7. The van der Waals surface area contributed by atoms with Crippen molar-refractivity contribution in [1.82, 2.24) is 0 Å². The lowest BCUT2D eigenvalue weighted by Crippen LogP contribution is -2.16. The maximum atomic E-state index is 6.08. The van der Waals surface area contributed by atoms with Crippen LogP contribution in [0.2, 0.25) is 19.6 Å². The van der Waals surface area contributed by atoms with Gasteiger partial charge >= 0.3 is 0 Å². The number of rotatable bonds is 12. The second kappa shape index (κ2) is 16.0. The van der Waals surface area contributed by atoms with Crippen molar-refractivity contribution in [2.45, 2.75) is 84.9 Å². The molecule has 188 valence electrons. The van der Waals surface area contributed by atoms with E-state index in [1.54, 1.807) is 0 Å². The number of ether oxygens (including phenoxy) is 2. The molecule has 0 aliphatic heterocycles. The van der Waals surface area contributed by atoms with E-state index in [0.29, 0.717) is 0 Å². The molecule has 2 nitrogen and oxygen atoms in total. The maximum Gasteiger partial charge on any atom is 0.129 e. The molecule has 0 unspecified atom stereocenters. The zero-order chi connectivity index (χ0) is 25.5. The topological polar surface area (TPSA) is 18.5 Å². The molecule has 0 saturated carbocycles. The van der Waals surface area contributed by atoms with E-state index in [-0.39, 0.29) is 0 Å². The Morgan fingerprint density at radius 3 is 1.63 bits per heavy atom. The van der Waals surface area contributed by atoms with Crippen LogP contribution in [0.4, 0.5) is 0 Å². The first-order valence-electron chi connectivity index (χ1n) is 13.1. The highest BCUT2D eigenvalue weighted by Gasteiger charge is 2.08. The predicted octanol–water partition coefficient (Wildman–Crippen LogP) is 8.84. The predicted molar refractivity (Wildman–Crippen MR) is 161 cm³/mol. The van der Waals surface area contributed by atoms with Crippen LogP contribution in [0.5, 0.6) is 11.5 Å². The van der Waals surface area contributed by atoms with Crippen molar-refractivity contribution in [3.05, 3.63) is 56.7 Å². The summed E-state index contributed by atoms with van der Waals surface area (Å²) in [7, 11) is -1.47. The van der Waals surface area contributed by atoms with E-state index in [1.807, 2.05) is 18.2 Å². The summed E-state index contributed by atoms with van der Waals surface area (Å²) in [6.07, 6.45) is 9.56. The Labute approximate surface area is 228 Å². The third kappa shape index (κ3) is 13.1. The number of benzene rings is 2. The maximum absolute atomic E-state index is 6.08. The molecular weight excluding hydrogens is 559 g/mol. The minimum Gasteiger partial charge on any atom is -0.494 e. The highest BCUT2D eigenvalue weighted by atomic mass is 127. The molecule has 35 heavy (non-hydrogen) atoms. The molecule has 0 radical (unpaired) electrons. The zero-order valence-electron chi connectivity index (χ0n) is 22.2. The van der Waals surface area contributed by atoms with Crippen molar-refractivity contribution in [2.75, 3.05) is 13.2 Å². The quantitative estimate of drug-likeness (QED) is 0.105. The van der Waals surface area contributed by atoms with E-state index in [4.69, 9.17) is 9.47 Å². The van der Waals surface area contributed by atoms with E-state index in [9.17, 15) is 0 Å². The molecule has 0 aliphatic carbocycles. The van der Waals surface area contributed by atoms with E-state index in [2.05, 4.69) is 97.6 Å². The van der Waals surface area contributed by atoms with Gasteiger partial charge in [-0.25, -0.2) is 0 Å². The van der Waals surface area contributed by atoms with Crippen LogP contribution < -0.4 is 9.47 Å². The molecule has 2 rings (SSSR count). The van der Waals surface area contributed by atoms with Gasteiger partial charge in [0.1, 0.15) is 19.6 Å². The van der Waals surface area contributed by atoms with E-state index < -0.39 is 8.07 Å². The van der Waals surface area contributed by atoms with Crippen LogP contribution >= 0.6 is 22.6 Å². The van der Waals surface area contributed by atoms with E-state index in [1.165, 1.54) is 38.5 Å². The van der Waals surface area contributed by atoms with Crippen LogP contribution in [0, 0.1) is 26.9 Å². The summed E-state index contributed by atoms with van der Waals surface area (Å²) >= 11 is 2.33. The van der Waals surface area contributed by atoms with Gasteiger partial charge in [0.15, 0.2) is 0 Å². The van der Waals surface area contributed by atoms with Crippen molar-refractivity contribution >= 4 is 30.7 Å². The number of hydrogen-bond acceptors (Lipinski definition) is 2. The van der Waals surface area contributed by atoms with E-state index >= 15 is 0 Å². The average molecular weight is 601 g/mol. The minimum atomic E-state index is -1.47. The molecule has 2 aromatic rings. The molecule has 0 fully saturated rings. The largest absolute Gasteiger partial charge is 0.494 e. The summed E-state index contributed by atoms with van der Waals surface area (Å²) < 4.78 is 13.2. The highest BCUT2D eigenvalue weighted by molar-refractivity contribution is 14.1. The van der Waals surface area contributed by atoms with Gasteiger partial charge in [0, 0.05) is 20.3 Å². The third-order valence-electron chi connectivity index (χ3n) is 5.24.